The van der Waals surface area contributed by atoms with Crippen molar-refractivity contribution in [2.45, 2.75) is 0 Å². The van der Waals surface area contributed by atoms with Crippen molar-refractivity contribution in [2.75, 3.05) is 0 Å². The van der Waals surface area contributed by atoms with Crippen LogP contribution in [0.15, 0.2) is 291 Å². The first-order valence-electron chi connectivity index (χ1n) is 27.3. The van der Waals surface area contributed by atoms with E-state index in [4.69, 9.17) is 0 Å². The van der Waals surface area contributed by atoms with Crippen LogP contribution < -0.4 is 0 Å². The number of hydrogen-bond acceptors (Lipinski definition) is 1. The standard InChI is InChI=1S/C78H48S/c1-2-16-49(17-3-1)59-43-60(53-21-12-18-50(40-53)55-34-37-71-67-28-6-4-24-63(67)65-26-8-10-30-69(65)75(71)46-55)45-61(44-59)54-22-13-19-51(41-54)57-36-39-73-74-33-15-32-62(78(74)79-77(73)48-57)58-23-14-20-52(42-58)56-35-38-72-68-29-7-5-25-64(68)66-27-9-11-31-70(66)76(72)47-56/h1-48H. The monoisotopic (exact) mass is 1020 g/mol. The molecule has 16 rings (SSSR count). The summed E-state index contributed by atoms with van der Waals surface area (Å²) < 4.78 is 2.60. The van der Waals surface area contributed by atoms with Crippen LogP contribution in [0.2, 0.25) is 0 Å². The van der Waals surface area contributed by atoms with Crippen molar-refractivity contribution in [1.82, 2.24) is 0 Å². The van der Waals surface area contributed by atoms with E-state index in [1.807, 2.05) is 11.3 Å². The fourth-order valence-electron chi connectivity index (χ4n) is 12.8. The van der Waals surface area contributed by atoms with Crippen molar-refractivity contribution in [3.63, 3.8) is 0 Å². The van der Waals surface area contributed by atoms with Gasteiger partial charge in [-0.05, 0) is 197 Å². The zero-order chi connectivity index (χ0) is 52.0. The number of benzene rings is 15. The van der Waals surface area contributed by atoms with Gasteiger partial charge in [0.2, 0.25) is 0 Å². The van der Waals surface area contributed by atoms with Crippen molar-refractivity contribution in [2.24, 2.45) is 0 Å². The minimum absolute atomic E-state index is 1.19. The van der Waals surface area contributed by atoms with Crippen molar-refractivity contribution in [1.29, 1.82) is 0 Å². The molecule has 16 aromatic rings. The van der Waals surface area contributed by atoms with E-state index in [0.29, 0.717) is 0 Å². The van der Waals surface area contributed by atoms with Crippen LogP contribution in [0.25, 0.3) is 163 Å². The Kier molecular flexibility index (Phi) is 10.5. The third-order valence-corrected chi connectivity index (χ3v) is 17.8. The molecule has 1 heteroatoms. The van der Waals surface area contributed by atoms with Gasteiger partial charge in [-0.3, -0.25) is 0 Å². The van der Waals surface area contributed by atoms with Crippen LogP contribution in [0.1, 0.15) is 0 Å². The summed E-state index contributed by atoms with van der Waals surface area (Å²) >= 11 is 1.90. The molecule has 15 aromatic carbocycles. The average Bonchev–Trinajstić information content (AvgIpc) is 4.08. The zero-order valence-electron chi connectivity index (χ0n) is 43.1. The fourth-order valence-corrected chi connectivity index (χ4v) is 14.0. The Balaban J connectivity index is 0.751. The van der Waals surface area contributed by atoms with E-state index in [2.05, 4.69) is 291 Å². The third-order valence-electron chi connectivity index (χ3n) is 16.6. The summed E-state index contributed by atoms with van der Waals surface area (Å²) in [7, 11) is 0. The van der Waals surface area contributed by atoms with Gasteiger partial charge < -0.3 is 0 Å². The molecule has 0 unspecified atom stereocenters. The Morgan fingerprint density at radius 2 is 0.443 bits per heavy atom. The molecule has 0 aliphatic carbocycles. The maximum atomic E-state index is 2.40. The summed E-state index contributed by atoms with van der Waals surface area (Å²) in [5, 5.41) is 18.1. The molecule has 0 fully saturated rings. The van der Waals surface area contributed by atoms with E-state index < -0.39 is 0 Å². The first-order valence-corrected chi connectivity index (χ1v) is 28.1. The largest absolute Gasteiger partial charge is 0.135 e. The van der Waals surface area contributed by atoms with E-state index in [-0.39, 0.29) is 0 Å². The van der Waals surface area contributed by atoms with Gasteiger partial charge in [-0.15, -0.1) is 11.3 Å². The molecule has 0 N–H and O–H groups in total. The van der Waals surface area contributed by atoms with E-state index in [1.165, 1.54) is 163 Å². The molecular weight excluding hydrogens is 969 g/mol. The number of thiophene rings is 1. The van der Waals surface area contributed by atoms with Crippen LogP contribution in [-0.2, 0) is 0 Å². The zero-order valence-corrected chi connectivity index (χ0v) is 43.9. The normalized spacial score (nSPS) is 11.8. The van der Waals surface area contributed by atoms with E-state index in [0.717, 1.165) is 0 Å². The predicted molar refractivity (Wildman–Crippen MR) is 342 cm³/mol. The third kappa shape index (κ3) is 7.65. The first-order chi connectivity index (χ1) is 39.1. The van der Waals surface area contributed by atoms with Crippen molar-refractivity contribution >= 4 is 96.1 Å². The predicted octanol–water partition coefficient (Wildman–Crippen LogP) is 22.6. The highest BCUT2D eigenvalue weighted by Crippen LogP contribution is 2.45. The first kappa shape index (κ1) is 45.3. The lowest BCUT2D eigenvalue weighted by Gasteiger charge is -2.14. The fraction of sp³-hybridized carbons (Fsp3) is 0. The van der Waals surface area contributed by atoms with Crippen LogP contribution in [0.3, 0.4) is 0 Å². The SMILES string of the molecule is c1ccc(-c2cc(-c3cccc(-c4ccc5c(c4)sc4c(-c6cccc(-c7ccc8c9ccccc9c9ccccc9c8c7)c6)cccc45)c3)cc(-c3cccc(-c4ccc5c6ccccc6c6ccccc6c5c4)c3)c2)cc1. The van der Waals surface area contributed by atoms with Gasteiger partial charge in [0.25, 0.3) is 0 Å². The summed E-state index contributed by atoms with van der Waals surface area (Å²) in [5.74, 6) is 0. The molecule has 0 saturated heterocycles. The Morgan fingerprint density at radius 1 is 0.152 bits per heavy atom. The van der Waals surface area contributed by atoms with E-state index in [9.17, 15) is 0 Å². The molecule has 0 amide bonds. The maximum Gasteiger partial charge on any atom is 0.0433 e. The number of hydrogen-bond donors (Lipinski definition) is 0. The number of fused-ring (bicyclic) bond motifs is 15. The second-order valence-electron chi connectivity index (χ2n) is 21.1. The van der Waals surface area contributed by atoms with Crippen LogP contribution >= 0.6 is 11.3 Å². The molecule has 0 radical (unpaired) electrons. The second-order valence-corrected chi connectivity index (χ2v) is 22.2. The smallest absolute Gasteiger partial charge is 0.0433 e. The molecule has 0 saturated carbocycles. The minimum Gasteiger partial charge on any atom is -0.135 e. The molecule has 1 aromatic heterocycles. The van der Waals surface area contributed by atoms with Crippen LogP contribution in [0, 0.1) is 0 Å². The Bertz CT molecular complexity index is 5060. The Hall–Kier alpha value is -9.92. The minimum atomic E-state index is 1.19. The second kappa shape index (κ2) is 18.4. The van der Waals surface area contributed by atoms with Gasteiger partial charge in [-0.2, -0.15) is 0 Å². The van der Waals surface area contributed by atoms with Crippen LogP contribution in [0.5, 0.6) is 0 Å². The van der Waals surface area contributed by atoms with Gasteiger partial charge in [0.15, 0.2) is 0 Å². The average molecular weight is 1020 g/mol. The maximum absolute atomic E-state index is 2.40. The Labute approximate surface area is 462 Å². The van der Waals surface area contributed by atoms with Crippen molar-refractivity contribution in [3.8, 4) is 77.9 Å². The highest BCUT2D eigenvalue weighted by Gasteiger charge is 2.17. The van der Waals surface area contributed by atoms with Gasteiger partial charge in [0.05, 0.1) is 0 Å². The van der Waals surface area contributed by atoms with Gasteiger partial charge >= 0.3 is 0 Å². The summed E-state index contributed by atoms with van der Waals surface area (Å²) in [6.45, 7) is 0. The summed E-state index contributed by atoms with van der Waals surface area (Å²) in [6, 6.07) is 108. The van der Waals surface area contributed by atoms with Crippen molar-refractivity contribution < 1.29 is 0 Å². The topological polar surface area (TPSA) is 0 Å². The molecular formula is C78H48S. The van der Waals surface area contributed by atoms with Crippen LogP contribution in [0.4, 0.5) is 0 Å². The Morgan fingerprint density at radius 3 is 0.911 bits per heavy atom. The molecule has 0 aliphatic rings. The molecule has 366 valence electrons. The molecule has 0 bridgehead atoms. The summed E-state index contributed by atoms with van der Waals surface area (Å²) in [6.07, 6.45) is 0. The summed E-state index contributed by atoms with van der Waals surface area (Å²) in [5.41, 5.74) is 16.9. The highest BCUT2D eigenvalue weighted by atomic mass is 32.1. The van der Waals surface area contributed by atoms with Gasteiger partial charge in [-0.1, -0.05) is 237 Å². The number of rotatable bonds is 7. The molecule has 0 atom stereocenters. The van der Waals surface area contributed by atoms with Crippen molar-refractivity contribution in [3.05, 3.63) is 291 Å². The summed E-state index contributed by atoms with van der Waals surface area (Å²) in [4.78, 5) is 0. The lowest BCUT2D eigenvalue weighted by Crippen LogP contribution is -1.88. The molecule has 0 aliphatic heterocycles. The lowest BCUT2D eigenvalue weighted by atomic mass is 9.90. The van der Waals surface area contributed by atoms with Crippen LogP contribution in [-0.4, -0.2) is 0 Å². The molecule has 79 heavy (non-hydrogen) atoms. The highest BCUT2D eigenvalue weighted by molar-refractivity contribution is 7.26. The van der Waals surface area contributed by atoms with Gasteiger partial charge in [0, 0.05) is 20.2 Å². The molecule has 0 spiro atoms. The molecule has 0 nitrogen and oxygen atoms in total. The van der Waals surface area contributed by atoms with Gasteiger partial charge in [-0.25, -0.2) is 0 Å². The van der Waals surface area contributed by atoms with E-state index in [1.54, 1.807) is 0 Å². The van der Waals surface area contributed by atoms with Gasteiger partial charge in [0.1, 0.15) is 0 Å². The quantitative estimate of drug-likeness (QED) is 0.140. The molecule has 1 heterocycles. The lowest BCUT2D eigenvalue weighted by molar-refractivity contribution is 1.56. The van der Waals surface area contributed by atoms with E-state index >= 15 is 0 Å².